The highest BCUT2D eigenvalue weighted by molar-refractivity contribution is 5.91. The molecule has 1 aliphatic carbocycles. The van der Waals surface area contributed by atoms with E-state index in [0.29, 0.717) is 0 Å². The van der Waals surface area contributed by atoms with E-state index in [9.17, 15) is 0 Å². The lowest BCUT2D eigenvalue weighted by Crippen LogP contribution is -2.28. The van der Waals surface area contributed by atoms with Crippen LogP contribution in [0.3, 0.4) is 0 Å². The quantitative estimate of drug-likeness (QED) is 0.231. The summed E-state index contributed by atoms with van der Waals surface area (Å²) in [5, 5.41) is 6.28. The molecule has 8 rings (SSSR count). The van der Waals surface area contributed by atoms with Gasteiger partial charge in [0.15, 0.2) is 0 Å². The van der Waals surface area contributed by atoms with Crippen LogP contribution in [0.4, 0.5) is 11.4 Å². The van der Waals surface area contributed by atoms with Crippen molar-refractivity contribution in [2.75, 3.05) is 5.32 Å². The molecule has 0 spiro atoms. The van der Waals surface area contributed by atoms with E-state index in [1.165, 1.54) is 55.3 Å². The van der Waals surface area contributed by atoms with Crippen LogP contribution in [-0.4, -0.2) is 0 Å². The topological polar surface area (TPSA) is 12.0 Å². The van der Waals surface area contributed by atoms with Gasteiger partial charge in [-0.1, -0.05) is 146 Å². The van der Waals surface area contributed by atoms with Crippen molar-refractivity contribution >= 4 is 22.1 Å². The molecule has 1 atom stereocenters. The summed E-state index contributed by atoms with van der Waals surface area (Å²) >= 11 is 0. The first-order chi connectivity index (χ1) is 20.8. The minimum absolute atomic E-state index is 0.419. The first kappa shape index (κ1) is 24.4. The summed E-state index contributed by atoms with van der Waals surface area (Å²) in [6, 6.07) is 61.6. The van der Waals surface area contributed by atoms with E-state index in [-0.39, 0.29) is 0 Å². The first-order valence-corrected chi connectivity index (χ1v) is 14.5. The second-order valence-corrected chi connectivity index (χ2v) is 11.0. The van der Waals surface area contributed by atoms with Crippen molar-refractivity contribution < 1.29 is 0 Å². The number of para-hydroxylation sites is 1. The maximum Gasteiger partial charge on any atom is 0.0713 e. The van der Waals surface area contributed by atoms with Crippen molar-refractivity contribution in [1.29, 1.82) is 0 Å². The van der Waals surface area contributed by atoms with Gasteiger partial charge in [-0.2, -0.15) is 0 Å². The fourth-order valence-electron chi connectivity index (χ4n) is 6.88. The third-order valence-electron chi connectivity index (χ3n) is 8.72. The molecule has 0 bridgehead atoms. The highest BCUT2D eigenvalue weighted by atomic mass is 14.9. The summed E-state index contributed by atoms with van der Waals surface area (Å²) in [7, 11) is 0. The summed E-state index contributed by atoms with van der Waals surface area (Å²) in [4.78, 5) is 0. The molecule has 42 heavy (non-hydrogen) atoms. The molecule has 0 aromatic heterocycles. The average Bonchev–Trinajstić information content (AvgIpc) is 3.36. The van der Waals surface area contributed by atoms with E-state index in [1.54, 1.807) is 0 Å². The van der Waals surface area contributed by atoms with Crippen molar-refractivity contribution in [2.24, 2.45) is 0 Å². The van der Waals surface area contributed by atoms with Gasteiger partial charge in [-0.25, -0.2) is 0 Å². The largest absolute Gasteiger partial charge is 0.355 e. The predicted molar refractivity (Wildman–Crippen MR) is 176 cm³/mol. The lowest BCUT2D eigenvalue weighted by Gasteiger charge is -2.34. The number of fused-ring (bicyclic) bond motifs is 4. The Labute approximate surface area is 246 Å². The molecule has 7 aromatic carbocycles. The predicted octanol–water partition coefficient (Wildman–Crippen LogP) is 10.6. The van der Waals surface area contributed by atoms with Gasteiger partial charge in [0.05, 0.1) is 5.41 Å². The van der Waals surface area contributed by atoms with Crippen LogP contribution < -0.4 is 5.32 Å². The normalized spacial score (nSPS) is 15.2. The fourth-order valence-corrected chi connectivity index (χ4v) is 6.88. The molecular formula is C41H29N. The molecule has 0 saturated carbocycles. The summed E-state index contributed by atoms with van der Waals surface area (Å²) in [5.74, 6) is 0. The highest BCUT2D eigenvalue weighted by Gasteiger charge is 2.46. The third-order valence-corrected chi connectivity index (χ3v) is 8.72. The van der Waals surface area contributed by atoms with Crippen LogP contribution >= 0.6 is 0 Å². The van der Waals surface area contributed by atoms with Gasteiger partial charge in [0.2, 0.25) is 0 Å². The number of hydrogen-bond acceptors (Lipinski definition) is 1. The number of nitrogens with one attached hydrogen (secondary N) is 1. The second-order valence-electron chi connectivity index (χ2n) is 11.0. The molecule has 1 nitrogen and oxygen atoms in total. The maximum atomic E-state index is 3.76. The molecule has 0 radical (unpaired) electrons. The van der Waals surface area contributed by atoms with E-state index in [1.807, 2.05) is 0 Å². The monoisotopic (exact) mass is 535 g/mol. The van der Waals surface area contributed by atoms with Crippen molar-refractivity contribution in [3.8, 4) is 22.3 Å². The molecule has 1 aliphatic rings. The summed E-state index contributed by atoms with van der Waals surface area (Å²) in [5.41, 5.74) is 11.9. The van der Waals surface area contributed by atoms with Crippen LogP contribution in [0.5, 0.6) is 0 Å². The van der Waals surface area contributed by atoms with Crippen LogP contribution in [0.2, 0.25) is 0 Å². The van der Waals surface area contributed by atoms with Gasteiger partial charge in [0.1, 0.15) is 0 Å². The zero-order valence-corrected chi connectivity index (χ0v) is 23.2. The van der Waals surface area contributed by atoms with Crippen LogP contribution in [0, 0.1) is 0 Å². The smallest absolute Gasteiger partial charge is 0.0713 e. The zero-order valence-electron chi connectivity index (χ0n) is 23.2. The Morgan fingerprint density at radius 1 is 0.381 bits per heavy atom. The summed E-state index contributed by atoms with van der Waals surface area (Å²) < 4.78 is 0. The molecule has 1 unspecified atom stereocenters. The molecule has 1 N–H and O–H groups in total. The molecule has 7 aromatic rings. The van der Waals surface area contributed by atoms with Crippen LogP contribution in [0.15, 0.2) is 170 Å². The van der Waals surface area contributed by atoms with Crippen molar-refractivity contribution in [3.63, 3.8) is 0 Å². The standard InChI is InChI=1S/C41H29N/c1-3-14-30(15-4-1)35-19-10-12-22-40(35)42-34-25-26-39-37(28-34)36-20-9-11-21-38(36)41(39,32-17-5-2-6-18-32)33-24-23-29-13-7-8-16-31(29)27-33/h1-28,42H. The summed E-state index contributed by atoms with van der Waals surface area (Å²) in [6.07, 6.45) is 0. The van der Waals surface area contributed by atoms with Gasteiger partial charge >= 0.3 is 0 Å². The zero-order chi connectivity index (χ0) is 27.9. The lowest BCUT2D eigenvalue weighted by atomic mass is 9.67. The van der Waals surface area contributed by atoms with E-state index < -0.39 is 5.41 Å². The number of rotatable bonds is 5. The van der Waals surface area contributed by atoms with E-state index in [0.717, 1.165) is 11.4 Å². The third kappa shape index (κ3) is 3.78. The maximum absolute atomic E-state index is 3.76. The van der Waals surface area contributed by atoms with Gasteiger partial charge in [-0.05, 0) is 74.0 Å². The van der Waals surface area contributed by atoms with E-state index in [2.05, 4.69) is 175 Å². The second kappa shape index (κ2) is 9.90. The van der Waals surface area contributed by atoms with Crippen molar-refractivity contribution in [2.45, 2.75) is 5.41 Å². The number of hydrogen-bond donors (Lipinski definition) is 1. The molecule has 198 valence electrons. The Balaban J connectivity index is 1.34. The van der Waals surface area contributed by atoms with Gasteiger partial charge in [-0.15, -0.1) is 0 Å². The molecule has 0 saturated heterocycles. The van der Waals surface area contributed by atoms with E-state index >= 15 is 0 Å². The SMILES string of the molecule is c1ccc(-c2ccccc2Nc2ccc3c(c2)-c2ccccc2C3(c2ccccc2)c2ccc3ccccc3c2)cc1. The Hall–Kier alpha value is -5.40. The first-order valence-electron chi connectivity index (χ1n) is 14.5. The molecule has 0 aliphatic heterocycles. The Bertz CT molecular complexity index is 2060. The minimum atomic E-state index is -0.419. The molecule has 0 amide bonds. The Morgan fingerprint density at radius 3 is 1.86 bits per heavy atom. The summed E-state index contributed by atoms with van der Waals surface area (Å²) in [6.45, 7) is 0. The lowest BCUT2D eigenvalue weighted by molar-refractivity contribution is 0.770. The molecule has 0 fully saturated rings. The highest BCUT2D eigenvalue weighted by Crippen LogP contribution is 2.56. The number of benzene rings is 7. The number of anilines is 2. The van der Waals surface area contributed by atoms with Gasteiger partial charge in [0.25, 0.3) is 0 Å². The molecule has 1 heteroatoms. The van der Waals surface area contributed by atoms with Gasteiger partial charge < -0.3 is 5.32 Å². The minimum Gasteiger partial charge on any atom is -0.355 e. The Morgan fingerprint density at radius 2 is 1.02 bits per heavy atom. The average molecular weight is 536 g/mol. The van der Waals surface area contributed by atoms with Crippen molar-refractivity contribution in [3.05, 3.63) is 192 Å². The Kier molecular flexibility index (Phi) is 5.75. The van der Waals surface area contributed by atoms with Gasteiger partial charge in [-0.3, -0.25) is 0 Å². The van der Waals surface area contributed by atoms with Gasteiger partial charge in [0, 0.05) is 16.9 Å². The molecular weight excluding hydrogens is 506 g/mol. The fraction of sp³-hybridized carbons (Fsp3) is 0.0244. The van der Waals surface area contributed by atoms with Crippen LogP contribution in [0.1, 0.15) is 22.3 Å². The van der Waals surface area contributed by atoms with Crippen molar-refractivity contribution in [1.82, 2.24) is 0 Å². The van der Waals surface area contributed by atoms with Crippen LogP contribution in [0.25, 0.3) is 33.0 Å². The molecule has 0 heterocycles. The van der Waals surface area contributed by atoms with Crippen LogP contribution in [-0.2, 0) is 5.41 Å². The van der Waals surface area contributed by atoms with E-state index in [4.69, 9.17) is 0 Å².